The van der Waals surface area contributed by atoms with Crippen molar-refractivity contribution in [2.45, 2.75) is 25.7 Å². The van der Waals surface area contributed by atoms with E-state index in [-0.39, 0.29) is 17.6 Å². The molecule has 27 heavy (non-hydrogen) atoms. The van der Waals surface area contributed by atoms with Crippen LogP contribution in [0.25, 0.3) is 0 Å². The van der Waals surface area contributed by atoms with E-state index in [1.807, 2.05) is 72.8 Å². The van der Waals surface area contributed by atoms with E-state index < -0.39 is 0 Å². The highest BCUT2D eigenvalue weighted by Crippen LogP contribution is 2.37. The van der Waals surface area contributed by atoms with Gasteiger partial charge in [0.05, 0.1) is 0 Å². The highest BCUT2D eigenvalue weighted by molar-refractivity contribution is 6.10. The van der Waals surface area contributed by atoms with E-state index in [1.54, 1.807) is 0 Å². The molecule has 0 aromatic heterocycles. The molecule has 0 aliphatic rings. The third-order valence-electron chi connectivity index (χ3n) is 5.13. The lowest BCUT2D eigenvalue weighted by Gasteiger charge is -2.27. The van der Waals surface area contributed by atoms with Gasteiger partial charge >= 0.3 is 0 Å². The zero-order valence-corrected chi connectivity index (χ0v) is 15.5. The van der Waals surface area contributed by atoms with E-state index in [4.69, 9.17) is 0 Å². The molecule has 0 spiro atoms. The van der Waals surface area contributed by atoms with Crippen molar-refractivity contribution in [3.05, 3.63) is 107 Å². The van der Waals surface area contributed by atoms with Crippen LogP contribution in [0.4, 0.5) is 0 Å². The topological polar surface area (TPSA) is 34.1 Å². The van der Waals surface area contributed by atoms with Gasteiger partial charge in [-0.3, -0.25) is 4.79 Å². The maximum atomic E-state index is 13.2. The Morgan fingerprint density at radius 1 is 0.852 bits per heavy atom. The smallest absolute Gasteiger partial charge is 0.193 e. The molecule has 2 atom stereocenters. The van der Waals surface area contributed by atoms with E-state index >= 15 is 0 Å². The Balaban J connectivity index is 2.13. The fourth-order valence-corrected chi connectivity index (χ4v) is 3.75. The average Bonchev–Trinajstić information content (AvgIpc) is 2.74. The van der Waals surface area contributed by atoms with Crippen molar-refractivity contribution in [3.63, 3.8) is 0 Å². The summed E-state index contributed by atoms with van der Waals surface area (Å²) >= 11 is 0. The Kier molecular flexibility index (Phi) is 6.32. The summed E-state index contributed by atoms with van der Waals surface area (Å²) in [5.74, 6) is 0.174. The van der Waals surface area contributed by atoms with Crippen molar-refractivity contribution < 1.29 is 9.59 Å². The van der Waals surface area contributed by atoms with Crippen molar-refractivity contribution in [3.8, 4) is 0 Å². The molecule has 0 unspecified atom stereocenters. The summed E-state index contributed by atoms with van der Waals surface area (Å²) in [5, 5.41) is 0. The van der Waals surface area contributed by atoms with Crippen molar-refractivity contribution in [1.29, 1.82) is 0 Å². The maximum Gasteiger partial charge on any atom is 0.193 e. The Morgan fingerprint density at radius 3 is 2.07 bits per heavy atom. The summed E-state index contributed by atoms with van der Waals surface area (Å²) in [6, 6.07) is 27.3. The molecule has 0 saturated heterocycles. The number of carbonyl (C=O) groups excluding carboxylic acids is 2. The second-order valence-electron chi connectivity index (χ2n) is 6.74. The minimum atomic E-state index is 0.00487. The van der Waals surface area contributed by atoms with Crippen molar-refractivity contribution in [2.75, 3.05) is 0 Å². The van der Waals surface area contributed by atoms with Gasteiger partial charge in [-0.05, 0) is 17.0 Å². The molecule has 2 heteroatoms. The molecule has 3 aromatic carbocycles. The highest BCUT2D eigenvalue weighted by atomic mass is 16.1. The van der Waals surface area contributed by atoms with Crippen LogP contribution >= 0.6 is 0 Å². The largest absolute Gasteiger partial charge is 0.303 e. The second kappa shape index (κ2) is 9.09. The zero-order chi connectivity index (χ0) is 19.1. The lowest BCUT2D eigenvalue weighted by molar-refractivity contribution is -0.108. The minimum Gasteiger partial charge on any atom is -0.303 e. The molecular formula is C25H24O2. The van der Waals surface area contributed by atoms with Gasteiger partial charge in [0, 0.05) is 23.5 Å². The number of hydrogen-bond donors (Lipinski definition) is 0. The number of benzene rings is 3. The molecule has 136 valence electrons. The maximum absolute atomic E-state index is 13.2. The number of ketones is 1. The Labute approximate surface area is 160 Å². The first kappa shape index (κ1) is 18.8. The second-order valence-corrected chi connectivity index (χ2v) is 6.74. The van der Waals surface area contributed by atoms with Crippen LogP contribution in [0.3, 0.4) is 0 Å². The Hall–Kier alpha value is -3.00. The summed E-state index contributed by atoms with van der Waals surface area (Å²) in [6.45, 7) is 2.10. The van der Waals surface area contributed by atoms with E-state index in [1.165, 1.54) is 0 Å². The van der Waals surface area contributed by atoms with E-state index in [0.29, 0.717) is 17.5 Å². The summed E-state index contributed by atoms with van der Waals surface area (Å²) in [7, 11) is 0. The van der Waals surface area contributed by atoms with Gasteiger partial charge < -0.3 is 4.79 Å². The molecular weight excluding hydrogens is 332 g/mol. The molecule has 0 radical (unpaired) electrons. The molecule has 0 amide bonds. The van der Waals surface area contributed by atoms with Gasteiger partial charge in [-0.15, -0.1) is 0 Å². The Morgan fingerprint density at radius 2 is 1.44 bits per heavy atom. The van der Waals surface area contributed by atoms with Crippen LogP contribution in [0, 0.1) is 5.92 Å². The van der Waals surface area contributed by atoms with Crippen LogP contribution in [-0.2, 0) is 4.79 Å². The first-order chi connectivity index (χ1) is 13.3. The van der Waals surface area contributed by atoms with Crippen molar-refractivity contribution in [1.82, 2.24) is 0 Å². The quantitative estimate of drug-likeness (QED) is 0.385. The molecule has 0 aliphatic carbocycles. The predicted octanol–water partition coefficient (Wildman–Crippen LogP) is 5.66. The van der Waals surface area contributed by atoms with Crippen molar-refractivity contribution in [2.24, 2.45) is 5.92 Å². The molecule has 2 nitrogen and oxygen atoms in total. The van der Waals surface area contributed by atoms with Crippen LogP contribution in [0.1, 0.15) is 52.7 Å². The molecule has 3 rings (SSSR count). The first-order valence-corrected chi connectivity index (χ1v) is 9.43. The van der Waals surface area contributed by atoms with Crippen LogP contribution in [0.15, 0.2) is 84.9 Å². The molecule has 0 aliphatic heterocycles. The van der Waals surface area contributed by atoms with Gasteiger partial charge in [-0.1, -0.05) is 98.3 Å². The number of rotatable bonds is 8. The monoisotopic (exact) mass is 356 g/mol. The summed E-state index contributed by atoms with van der Waals surface area (Å²) in [6.07, 6.45) is 2.34. The average molecular weight is 356 g/mol. The van der Waals surface area contributed by atoms with Crippen LogP contribution in [0.5, 0.6) is 0 Å². The summed E-state index contributed by atoms with van der Waals surface area (Å²) in [5.41, 5.74) is 3.52. The number of aldehydes is 1. The van der Waals surface area contributed by atoms with E-state index in [0.717, 1.165) is 23.8 Å². The van der Waals surface area contributed by atoms with Gasteiger partial charge in [0.15, 0.2) is 5.78 Å². The van der Waals surface area contributed by atoms with Gasteiger partial charge in [-0.25, -0.2) is 0 Å². The standard InChI is InChI=1S/C25H24O2/c1-2-19(17-18-26)24(20-11-5-3-6-12-20)22-15-9-10-16-23(22)25(27)21-13-7-4-8-14-21/h3-16,18-19,24H,2,17H2,1H3/t19-,24+/m1/s1. The molecule has 0 N–H and O–H groups in total. The van der Waals surface area contributed by atoms with E-state index in [9.17, 15) is 9.59 Å². The normalized spacial score (nSPS) is 12.9. The number of carbonyl (C=O) groups is 2. The third-order valence-corrected chi connectivity index (χ3v) is 5.13. The van der Waals surface area contributed by atoms with Gasteiger partial charge in [0.1, 0.15) is 6.29 Å². The fourth-order valence-electron chi connectivity index (χ4n) is 3.75. The zero-order valence-electron chi connectivity index (χ0n) is 15.5. The molecule has 0 bridgehead atoms. The van der Waals surface area contributed by atoms with Crippen LogP contribution in [-0.4, -0.2) is 12.1 Å². The molecule has 0 heterocycles. The molecule has 0 saturated carbocycles. The SMILES string of the molecule is CC[C@H](CC=O)[C@@H](c1ccccc1)c1ccccc1C(=O)c1ccccc1. The van der Waals surface area contributed by atoms with Crippen LogP contribution in [0.2, 0.25) is 0 Å². The predicted molar refractivity (Wildman–Crippen MR) is 109 cm³/mol. The minimum absolute atomic E-state index is 0.00487. The van der Waals surface area contributed by atoms with Gasteiger partial charge in [-0.2, -0.15) is 0 Å². The molecule has 3 aromatic rings. The Bertz CT molecular complexity index is 884. The highest BCUT2D eigenvalue weighted by Gasteiger charge is 2.27. The first-order valence-electron chi connectivity index (χ1n) is 9.43. The van der Waals surface area contributed by atoms with Crippen molar-refractivity contribution >= 4 is 12.1 Å². The van der Waals surface area contributed by atoms with Crippen LogP contribution < -0.4 is 0 Å². The van der Waals surface area contributed by atoms with Gasteiger partial charge in [0.2, 0.25) is 0 Å². The summed E-state index contributed by atoms with van der Waals surface area (Å²) in [4.78, 5) is 24.5. The lowest BCUT2D eigenvalue weighted by Crippen LogP contribution is -2.18. The lowest BCUT2D eigenvalue weighted by atomic mass is 9.75. The molecule has 0 fully saturated rings. The van der Waals surface area contributed by atoms with E-state index in [2.05, 4.69) is 19.1 Å². The summed E-state index contributed by atoms with van der Waals surface area (Å²) < 4.78 is 0. The number of hydrogen-bond acceptors (Lipinski definition) is 2. The van der Waals surface area contributed by atoms with Gasteiger partial charge in [0.25, 0.3) is 0 Å². The third kappa shape index (κ3) is 4.22. The fraction of sp³-hybridized carbons (Fsp3) is 0.200.